The van der Waals surface area contributed by atoms with Gasteiger partial charge in [-0.1, -0.05) is 18.2 Å². The van der Waals surface area contributed by atoms with Crippen molar-refractivity contribution >= 4 is 27.4 Å². The van der Waals surface area contributed by atoms with Crippen LogP contribution in [0.4, 0.5) is 11.4 Å². The first-order chi connectivity index (χ1) is 9.40. The van der Waals surface area contributed by atoms with E-state index in [2.05, 4.69) is 4.72 Å². The molecule has 4 N–H and O–H groups in total. The van der Waals surface area contributed by atoms with Gasteiger partial charge in [-0.3, -0.25) is 4.72 Å². The molecule has 6 nitrogen and oxygen atoms in total. The Labute approximate surface area is 115 Å². The fourth-order valence-corrected chi connectivity index (χ4v) is 2.78. The zero-order valence-electron chi connectivity index (χ0n) is 10.3. The number of aromatic carboxylic acids is 1. The summed E-state index contributed by atoms with van der Waals surface area (Å²) in [5, 5.41) is 9.02. The number of rotatable bonds is 4. The minimum Gasteiger partial charge on any atom is -0.478 e. The van der Waals surface area contributed by atoms with E-state index in [1.54, 1.807) is 12.1 Å². The lowest BCUT2D eigenvalue weighted by molar-refractivity contribution is 0.0698. The molecule has 0 aromatic heterocycles. The Morgan fingerprint density at radius 3 is 2.45 bits per heavy atom. The SMILES string of the molecule is Nc1cccc(S(=O)(=O)Nc2ccccc2C(=O)O)c1. The fourth-order valence-electron chi connectivity index (χ4n) is 1.64. The van der Waals surface area contributed by atoms with Crippen molar-refractivity contribution in [2.75, 3.05) is 10.5 Å². The van der Waals surface area contributed by atoms with E-state index in [0.717, 1.165) is 0 Å². The van der Waals surface area contributed by atoms with Crippen molar-refractivity contribution in [1.29, 1.82) is 0 Å². The second-order valence-electron chi connectivity index (χ2n) is 4.03. The van der Waals surface area contributed by atoms with E-state index in [-0.39, 0.29) is 16.1 Å². The number of carbonyl (C=O) groups is 1. The Bertz CT molecular complexity index is 756. The Balaban J connectivity index is 2.41. The van der Waals surface area contributed by atoms with Gasteiger partial charge < -0.3 is 10.8 Å². The van der Waals surface area contributed by atoms with Gasteiger partial charge in [-0.25, -0.2) is 13.2 Å². The number of nitrogens with one attached hydrogen (secondary N) is 1. The molecule has 0 spiro atoms. The highest BCUT2D eigenvalue weighted by Gasteiger charge is 2.18. The van der Waals surface area contributed by atoms with E-state index in [1.165, 1.54) is 36.4 Å². The zero-order chi connectivity index (χ0) is 14.8. The molecule has 0 unspecified atom stereocenters. The predicted molar refractivity (Wildman–Crippen MR) is 75.1 cm³/mol. The maximum Gasteiger partial charge on any atom is 0.337 e. The molecule has 0 heterocycles. The third-order valence-electron chi connectivity index (χ3n) is 2.57. The third kappa shape index (κ3) is 2.89. The summed E-state index contributed by atoms with van der Waals surface area (Å²) >= 11 is 0. The summed E-state index contributed by atoms with van der Waals surface area (Å²) in [4.78, 5) is 11.0. The van der Waals surface area contributed by atoms with Crippen LogP contribution in [0.5, 0.6) is 0 Å². The minimum absolute atomic E-state index is 0.00224. The van der Waals surface area contributed by atoms with E-state index < -0.39 is 16.0 Å². The standard InChI is InChI=1S/C13H12N2O4S/c14-9-4-3-5-10(8-9)20(18,19)15-12-7-2-1-6-11(12)13(16)17/h1-8,15H,14H2,(H,16,17). The predicted octanol–water partition coefficient (Wildman–Crippen LogP) is 1.77. The largest absolute Gasteiger partial charge is 0.478 e. The maximum atomic E-state index is 12.2. The zero-order valence-corrected chi connectivity index (χ0v) is 11.1. The van der Waals surface area contributed by atoms with Crippen molar-refractivity contribution in [3.8, 4) is 0 Å². The molecular formula is C13H12N2O4S. The average Bonchev–Trinajstić information content (AvgIpc) is 2.38. The average molecular weight is 292 g/mol. The number of hydrogen-bond donors (Lipinski definition) is 3. The van der Waals surface area contributed by atoms with Crippen LogP contribution < -0.4 is 10.5 Å². The van der Waals surface area contributed by atoms with Crippen molar-refractivity contribution in [3.63, 3.8) is 0 Å². The molecule has 0 aliphatic heterocycles. The number of carboxylic acids is 1. The first-order valence-corrected chi connectivity index (χ1v) is 7.09. The van der Waals surface area contributed by atoms with Gasteiger partial charge in [0.25, 0.3) is 10.0 Å². The molecule has 104 valence electrons. The monoisotopic (exact) mass is 292 g/mol. The van der Waals surface area contributed by atoms with Gasteiger partial charge in [-0.05, 0) is 30.3 Å². The smallest absolute Gasteiger partial charge is 0.337 e. The molecule has 0 radical (unpaired) electrons. The van der Waals surface area contributed by atoms with E-state index >= 15 is 0 Å². The van der Waals surface area contributed by atoms with Gasteiger partial charge >= 0.3 is 5.97 Å². The summed E-state index contributed by atoms with van der Waals surface area (Å²) in [7, 11) is -3.89. The fraction of sp³-hybridized carbons (Fsp3) is 0. The van der Waals surface area contributed by atoms with Gasteiger partial charge in [-0.2, -0.15) is 0 Å². The maximum absolute atomic E-state index is 12.2. The van der Waals surface area contributed by atoms with Crippen molar-refractivity contribution < 1.29 is 18.3 Å². The molecule has 20 heavy (non-hydrogen) atoms. The van der Waals surface area contributed by atoms with Gasteiger partial charge in [0.1, 0.15) is 0 Å². The summed E-state index contributed by atoms with van der Waals surface area (Å²) in [6.07, 6.45) is 0. The molecule has 0 aliphatic carbocycles. The highest BCUT2D eigenvalue weighted by atomic mass is 32.2. The lowest BCUT2D eigenvalue weighted by Crippen LogP contribution is -2.15. The summed E-state index contributed by atoms with van der Waals surface area (Å²) in [6.45, 7) is 0. The number of anilines is 2. The van der Waals surface area contributed by atoms with Crippen LogP contribution >= 0.6 is 0 Å². The van der Waals surface area contributed by atoms with Crippen molar-refractivity contribution in [2.45, 2.75) is 4.90 Å². The van der Waals surface area contributed by atoms with Crippen LogP contribution in [0.3, 0.4) is 0 Å². The Hall–Kier alpha value is -2.54. The number of sulfonamides is 1. The highest BCUT2D eigenvalue weighted by Crippen LogP contribution is 2.21. The molecule has 0 amide bonds. The molecule has 2 rings (SSSR count). The summed E-state index contributed by atoms with van der Waals surface area (Å²) in [6, 6.07) is 11.5. The second-order valence-corrected chi connectivity index (χ2v) is 5.71. The molecule has 2 aromatic rings. The number of carboxylic acid groups (broad SMARTS) is 1. The molecule has 0 atom stereocenters. The van der Waals surface area contributed by atoms with Crippen LogP contribution in [-0.2, 0) is 10.0 Å². The topological polar surface area (TPSA) is 109 Å². The Kier molecular flexibility index (Phi) is 3.62. The van der Waals surface area contributed by atoms with E-state index in [4.69, 9.17) is 10.8 Å². The first-order valence-electron chi connectivity index (χ1n) is 5.61. The van der Waals surface area contributed by atoms with E-state index in [1.807, 2.05) is 0 Å². The summed E-state index contributed by atoms with van der Waals surface area (Å²) in [5.41, 5.74) is 5.72. The quantitative estimate of drug-likeness (QED) is 0.744. The van der Waals surface area contributed by atoms with Crippen LogP contribution in [0.15, 0.2) is 53.4 Å². The van der Waals surface area contributed by atoms with Gasteiger partial charge in [-0.15, -0.1) is 0 Å². The summed E-state index contributed by atoms with van der Waals surface area (Å²) in [5.74, 6) is -1.21. The lowest BCUT2D eigenvalue weighted by Gasteiger charge is -2.10. The number of benzene rings is 2. The van der Waals surface area contributed by atoms with Crippen LogP contribution in [0.25, 0.3) is 0 Å². The third-order valence-corrected chi connectivity index (χ3v) is 3.93. The molecule has 0 saturated heterocycles. The molecule has 0 fully saturated rings. The van der Waals surface area contributed by atoms with Gasteiger partial charge in [0, 0.05) is 5.69 Å². The molecule has 0 bridgehead atoms. The lowest BCUT2D eigenvalue weighted by atomic mass is 10.2. The molecule has 0 saturated carbocycles. The number of para-hydroxylation sites is 1. The second kappa shape index (κ2) is 5.22. The number of nitrogen functional groups attached to an aromatic ring is 1. The molecule has 0 aliphatic rings. The molecule has 2 aromatic carbocycles. The minimum atomic E-state index is -3.89. The molecular weight excluding hydrogens is 280 g/mol. The van der Waals surface area contributed by atoms with Crippen molar-refractivity contribution in [1.82, 2.24) is 0 Å². The highest BCUT2D eigenvalue weighted by molar-refractivity contribution is 7.92. The van der Waals surface area contributed by atoms with Crippen LogP contribution in [0.2, 0.25) is 0 Å². The first kappa shape index (κ1) is 13.9. The van der Waals surface area contributed by atoms with Gasteiger partial charge in [0.2, 0.25) is 0 Å². The normalized spacial score (nSPS) is 11.0. The Morgan fingerprint density at radius 2 is 1.80 bits per heavy atom. The van der Waals surface area contributed by atoms with E-state index in [0.29, 0.717) is 5.69 Å². The van der Waals surface area contributed by atoms with Crippen LogP contribution in [-0.4, -0.2) is 19.5 Å². The van der Waals surface area contributed by atoms with Crippen molar-refractivity contribution in [3.05, 3.63) is 54.1 Å². The van der Waals surface area contributed by atoms with E-state index in [9.17, 15) is 13.2 Å². The van der Waals surface area contributed by atoms with Gasteiger partial charge in [0.15, 0.2) is 0 Å². The van der Waals surface area contributed by atoms with Crippen LogP contribution in [0, 0.1) is 0 Å². The molecule has 7 heteroatoms. The number of hydrogen-bond acceptors (Lipinski definition) is 4. The number of nitrogens with two attached hydrogens (primary N) is 1. The Morgan fingerprint density at radius 1 is 1.10 bits per heavy atom. The summed E-state index contributed by atoms with van der Waals surface area (Å²) < 4.78 is 26.6. The van der Waals surface area contributed by atoms with Crippen LogP contribution in [0.1, 0.15) is 10.4 Å². The van der Waals surface area contributed by atoms with Gasteiger partial charge in [0.05, 0.1) is 16.1 Å². The van der Waals surface area contributed by atoms with Crippen molar-refractivity contribution in [2.24, 2.45) is 0 Å².